The lowest BCUT2D eigenvalue weighted by atomic mass is 10.1. The Bertz CT molecular complexity index is 417. The van der Waals surface area contributed by atoms with Crippen molar-refractivity contribution in [1.29, 1.82) is 0 Å². The number of oxime groups is 1. The van der Waals surface area contributed by atoms with E-state index in [2.05, 4.69) is 12.1 Å². The summed E-state index contributed by atoms with van der Waals surface area (Å²) in [5, 5.41) is 11.7. The number of benzene rings is 1. The van der Waals surface area contributed by atoms with Gasteiger partial charge in [-0.3, -0.25) is 0 Å². The summed E-state index contributed by atoms with van der Waals surface area (Å²) in [5.74, 6) is 0.964. The second-order valence-corrected chi connectivity index (χ2v) is 4.72. The van der Waals surface area contributed by atoms with Crippen molar-refractivity contribution >= 4 is 5.84 Å². The number of ether oxygens (including phenoxy) is 1. The van der Waals surface area contributed by atoms with Crippen molar-refractivity contribution in [2.45, 2.75) is 46.0 Å². The van der Waals surface area contributed by atoms with E-state index >= 15 is 0 Å². The average molecular weight is 264 g/mol. The molecule has 0 fully saturated rings. The first kappa shape index (κ1) is 15.3. The zero-order chi connectivity index (χ0) is 14.1. The van der Waals surface area contributed by atoms with Gasteiger partial charge in [-0.2, -0.15) is 0 Å². The quantitative estimate of drug-likeness (QED) is 0.248. The minimum absolute atomic E-state index is 0.128. The van der Waals surface area contributed by atoms with Crippen LogP contribution < -0.4 is 10.5 Å². The van der Waals surface area contributed by atoms with Gasteiger partial charge in [-0.25, -0.2) is 0 Å². The highest BCUT2D eigenvalue weighted by atomic mass is 16.5. The van der Waals surface area contributed by atoms with Crippen molar-refractivity contribution < 1.29 is 9.94 Å². The number of hydrogen-bond donors (Lipinski definition) is 2. The van der Waals surface area contributed by atoms with Gasteiger partial charge in [0.2, 0.25) is 0 Å². The molecule has 0 bridgehead atoms. The predicted molar refractivity (Wildman–Crippen MR) is 77.9 cm³/mol. The summed E-state index contributed by atoms with van der Waals surface area (Å²) < 4.78 is 5.69. The summed E-state index contributed by atoms with van der Waals surface area (Å²) in [5.41, 5.74) is 7.25. The predicted octanol–water partition coefficient (Wildman–Crippen LogP) is 3.44. The Kier molecular flexibility index (Phi) is 6.79. The molecule has 1 rings (SSSR count). The van der Waals surface area contributed by atoms with Gasteiger partial charge in [-0.15, -0.1) is 0 Å². The van der Waals surface area contributed by atoms with Crippen molar-refractivity contribution in [1.82, 2.24) is 0 Å². The highest BCUT2D eigenvalue weighted by Gasteiger charge is 2.05. The molecule has 0 saturated carbocycles. The molecule has 0 aliphatic carbocycles. The number of nitrogens with two attached hydrogens (primary N) is 1. The average Bonchev–Trinajstić information content (AvgIpc) is 2.42. The molecule has 0 saturated heterocycles. The van der Waals surface area contributed by atoms with E-state index < -0.39 is 0 Å². The molecular weight excluding hydrogens is 240 g/mol. The van der Waals surface area contributed by atoms with Crippen molar-refractivity contribution in [3.05, 3.63) is 29.3 Å². The van der Waals surface area contributed by atoms with Crippen LogP contribution in [0.25, 0.3) is 0 Å². The van der Waals surface area contributed by atoms with Crippen molar-refractivity contribution in [3.8, 4) is 5.75 Å². The summed E-state index contributed by atoms with van der Waals surface area (Å²) in [6.45, 7) is 4.87. The fourth-order valence-electron chi connectivity index (χ4n) is 1.96. The molecule has 19 heavy (non-hydrogen) atoms. The van der Waals surface area contributed by atoms with E-state index in [0.717, 1.165) is 29.9 Å². The van der Waals surface area contributed by atoms with Crippen LogP contribution in [-0.4, -0.2) is 17.6 Å². The molecule has 0 spiro atoms. The Morgan fingerprint density at radius 3 is 2.63 bits per heavy atom. The SMILES string of the molecule is CCCCCCCOc1ccc(/C(N)=N/O)c(C)c1. The summed E-state index contributed by atoms with van der Waals surface area (Å²) >= 11 is 0. The molecule has 106 valence electrons. The molecule has 0 radical (unpaired) electrons. The Morgan fingerprint density at radius 2 is 2.00 bits per heavy atom. The van der Waals surface area contributed by atoms with Gasteiger partial charge in [0.15, 0.2) is 5.84 Å². The standard InChI is InChI=1S/C15H24N2O2/c1-3-4-5-6-7-10-19-13-8-9-14(12(2)11-13)15(16)17-18/h8-9,11,18H,3-7,10H2,1-2H3,(H2,16,17). The molecule has 0 unspecified atom stereocenters. The van der Waals surface area contributed by atoms with Crippen LogP contribution in [0.2, 0.25) is 0 Å². The summed E-state index contributed by atoms with van der Waals surface area (Å²) in [4.78, 5) is 0. The fraction of sp³-hybridized carbons (Fsp3) is 0.533. The van der Waals surface area contributed by atoms with E-state index in [-0.39, 0.29) is 5.84 Å². The van der Waals surface area contributed by atoms with E-state index in [1.54, 1.807) is 0 Å². The van der Waals surface area contributed by atoms with Crippen molar-refractivity contribution in [2.75, 3.05) is 6.61 Å². The monoisotopic (exact) mass is 264 g/mol. The lowest BCUT2D eigenvalue weighted by molar-refractivity contribution is 0.304. The van der Waals surface area contributed by atoms with Gasteiger partial charge in [-0.1, -0.05) is 37.8 Å². The zero-order valence-corrected chi connectivity index (χ0v) is 11.9. The number of rotatable bonds is 8. The third-order valence-electron chi connectivity index (χ3n) is 3.10. The molecule has 0 amide bonds. The molecule has 0 heterocycles. The number of hydrogen-bond acceptors (Lipinski definition) is 3. The van der Waals surface area contributed by atoms with Crippen LogP contribution >= 0.6 is 0 Å². The molecule has 1 aromatic rings. The van der Waals surface area contributed by atoms with Gasteiger partial charge in [0.1, 0.15) is 5.75 Å². The van der Waals surface area contributed by atoms with Crippen LogP contribution in [0.3, 0.4) is 0 Å². The Hall–Kier alpha value is -1.71. The second kappa shape index (κ2) is 8.40. The molecule has 0 aliphatic heterocycles. The fourth-order valence-corrected chi connectivity index (χ4v) is 1.96. The van der Waals surface area contributed by atoms with E-state index in [0.29, 0.717) is 0 Å². The molecule has 0 aliphatic rings. The van der Waals surface area contributed by atoms with E-state index in [4.69, 9.17) is 15.7 Å². The summed E-state index contributed by atoms with van der Waals surface area (Å²) in [6, 6.07) is 5.59. The molecule has 3 N–H and O–H groups in total. The molecule has 0 aromatic heterocycles. The van der Waals surface area contributed by atoms with Crippen LogP contribution in [0, 0.1) is 6.92 Å². The zero-order valence-electron chi connectivity index (χ0n) is 11.9. The number of nitrogens with zero attached hydrogens (tertiary/aromatic N) is 1. The van der Waals surface area contributed by atoms with E-state index in [1.165, 1.54) is 25.7 Å². The number of aryl methyl sites for hydroxylation is 1. The normalized spacial score (nSPS) is 11.6. The topological polar surface area (TPSA) is 67.8 Å². The number of amidine groups is 1. The van der Waals surface area contributed by atoms with Gasteiger partial charge in [0, 0.05) is 5.56 Å². The van der Waals surface area contributed by atoms with Crippen LogP contribution in [0.5, 0.6) is 5.75 Å². The van der Waals surface area contributed by atoms with E-state index in [9.17, 15) is 0 Å². The molecule has 1 aromatic carbocycles. The second-order valence-electron chi connectivity index (χ2n) is 4.72. The molecule has 0 atom stereocenters. The first-order chi connectivity index (χ1) is 9.19. The third kappa shape index (κ3) is 5.20. The Labute approximate surface area is 115 Å². The van der Waals surface area contributed by atoms with Gasteiger partial charge in [0.05, 0.1) is 6.61 Å². The maximum atomic E-state index is 8.66. The van der Waals surface area contributed by atoms with Crippen LogP contribution in [0.1, 0.15) is 50.2 Å². The molecule has 4 heteroatoms. The first-order valence-corrected chi connectivity index (χ1v) is 6.90. The maximum absolute atomic E-state index is 8.66. The van der Waals surface area contributed by atoms with Gasteiger partial charge in [-0.05, 0) is 37.1 Å². The minimum atomic E-state index is 0.128. The largest absolute Gasteiger partial charge is 0.494 e. The van der Waals surface area contributed by atoms with Crippen LogP contribution in [0.15, 0.2) is 23.4 Å². The van der Waals surface area contributed by atoms with Crippen LogP contribution in [0.4, 0.5) is 0 Å². The van der Waals surface area contributed by atoms with Gasteiger partial charge in [0.25, 0.3) is 0 Å². The van der Waals surface area contributed by atoms with Crippen molar-refractivity contribution in [2.24, 2.45) is 10.9 Å². The summed E-state index contributed by atoms with van der Waals surface area (Å²) in [6.07, 6.45) is 6.14. The maximum Gasteiger partial charge on any atom is 0.170 e. The molecular formula is C15H24N2O2. The highest BCUT2D eigenvalue weighted by molar-refractivity contribution is 5.98. The Balaban J connectivity index is 2.42. The smallest absolute Gasteiger partial charge is 0.170 e. The lowest BCUT2D eigenvalue weighted by Gasteiger charge is -2.09. The minimum Gasteiger partial charge on any atom is -0.494 e. The van der Waals surface area contributed by atoms with Gasteiger partial charge >= 0.3 is 0 Å². The van der Waals surface area contributed by atoms with Crippen LogP contribution in [-0.2, 0) is 0 Å². The third-order valence-corrected chi connectivity index (χ3v) is 3.10. The summed E-state index contributed by atoms with van der Waals surface area (Å²) in [7, 11) is 0. The Morgan fingerprint density at radius 1 is 1.26 bits per heavy atom. The molecule has 4 nitrogen and oxygen atoms in total. The highest BCUT2D eigenvalue weighted by Crippen LogP contribution is 2.17. The van der Waals surface area contributed by atoms with Gasteiger partial charge < -0.3 is 15.7 Å². The lowest BCUT2D eigenvalue weighted by Crippen LogP contribution is -2.14. The first-order valence-electron chi connectivity index (χ1n) is 6.90. The van der Waals surface area contributed by atoms with Crippen molar-refractivity contribution in [3.63, 3.8) is 0 Å². The van der Waals surface area contributed by atoms with E-state index in [1.807, 2.05) is 25.1 Å². The number of unbranched alkanes of at least 4 members (excludes halogenated alkanes) is 4.